The van der Waals surface area contributed by atoms with Crippen molar-refractivity contribution in [1.29, 1.82) is 0 Å². The predicted molar refractivity (Wildman–Crippen MR) is 152 cm³/mol. The molecule has 182 valence electrons. The van der Waals surface area contributed by atoms with Crippen molar-refractivity contribution in [3.63, 3.8) is 0 Å². The second-order valence-electron chi connectivity index (χ2n) is 8.64. The first-order valence-corrected chi connectivity index (χ1v) is 13.2. The molecule has 1 N–H and O–H groups in total. The van der Waals surface area contributed by atoms with E-state index >= 15 is 0 Å². The Balaban J connectivity index is 1.57. The van der Waals surface area contributed by atoms with Crippen LogP contribution in [0.5, 0.6) is 5.75 Å². The van der Waals surface area contributed by atoms with E-state index in [1.165, 1.54) is 0 Å². The predicted octanol–water partition coefficient (Wildman–Crippen LogP) is 8.95. The lowest BCUT2D eigenvalue weighted by Crippen LogP contribution is -2.25. The second-order valence-corrected chi connectivity index (χ2v) is 10.2. The van der Waals surface area contributed by atoms with Crippen molar-refractivity contribution in [3.05, 3.63) is 119 Å². The van der Waals surface area contributed by atoms with Gasteiger partial charge in [0.1, 0.15) is 17.5 Å². The van der Waals surface area contributed by atoms with Gasteiger partial charge in [0.05, 0.1) is 28.8 Å². The van der Waals surface area contributed by atoms with Crippen molar-refractivity contribution < 1.29 is 4.74 Å². The van der Waals surface area contributed by atoms with E-state index in [1.807, 2.05) is 66.9 Å². The fourth-order valence-corrected chi connectivity index (χ4v) is 5.95. The summed E-state index contributed by atoms with van der Waals surface area (Å²) < 4.78 is 5.42. The van der Waals surface area contributed by atoms with Gasteiger partial charge < -0.3 is 9.72 Å². The van der Waals surface area contributed by atoms with Crippen LogP contribution in [0, 0.1) is 0 Å². The molecule has 1 aliphatic rings. The van der Waals surface area contributed by atoms with Crippen LogP contribution >= 0.6 is 23.4 Å². The average Bonchev–Trinajstić information content (AvgIpc) is 3.30. The van der Waals surface area contributed by atoms with Crippen molar-refractivity contribution >= 4 is 51.4 Å². The molecule has 0 radical (unpaired) electrons. The summed E-state index contributed by atoms with van der Waals surface area (Å²) >= 11 is 8.19. The highest BCUT2D eigenvalue weighted by molar-refractivity contribution is 7.99. The van der Waals surface area contributed by atoms with Crippen molar-refractivity contribution in [2.45, 2.75) is 16.2 Å². The van der Waals surface area contributed by atoms with Gasteiger partial charge in [0, 0.05) is 27.6 Å². The number of aromatic nitrogens is 1. The van der Waals surface area contributed by atoms with Gasteiger partial charge in [0.25, 0.3) is 0 Å². The average molecular weight is 523 g/mol. The Bertz CT molecular complexity index is 1630. The lowest BCUT2D eigenvalue weighted by atomic mass is 9.96. The number of fused-ring (bicyclic) bond motifs is 2. The second kappa shape index (κ2) is 10.2. The molecule has 0 amide bonds. The van der Waals surface area contributed by atoms with Gasteiger partial charge in [0.15, 0.2) is 0 Å². The Labute approximate surface area is 224 Å². The summed E-state index contributed by atoms with van der Waals surface area (Å²) in [5.41, 5.74) is 5.57. The number of H-pyrrole nitrogens is 1. The van der Waals surface area contributed by atoms with Gasteiger partial charge in [-0.3, -0.25) is 0 Å². The lowest BCUT2D eigenvalue weighted by molar-refractivity contribution is 0.414. The molecular formula is C30H23ClN4OS. The van der Waals surface area contributed by atoms with Gasteiger partial charge >= 0.3 is 0 Å². The first kappa shape index (κ1) is 23.5. The molecule has 1 aromatic heterocycles. The van der Waals surface area contributed by atoms with Crippen LogP contribution in [0.1, 0.15) is 16.4 Å². The van der Waals surface area contributed by atoms with Crippen LogP contribution < -0.4 is 4.74 Å². The molecule has 5 nitrogen and oxygen atoms in total. The molecule has 0 fully saturated rings. The molecule has 2 atom stereocenters. The van der Waals surface area contributed by atoms with Gasteiger partial charge in [-0.1, -0.05) is 66.2 Å². The molecule has 2 heterocycles. The summed E-state index contributed by atoms with van der Waals surface area (Å²) in [6.07, 6.45) is 2.02. The van der Waals surface area contributed by atoms with Gasteiger partial charge in [-0.25, -0.2) is 4.99 Å². The zero-order valence-electron chi connectivity index (χ0n) is 20.0. The SMILES string of the molecule is COc1ccc(C2Sc3ccccc3N=C(c3c[nH]c4ccccc34)C2N=Nc2ccccc2Cl)cc1. The monoisotopic (exact) mass is 522 g/mol. The minimum absolute atomic E-state index is 0.0896. The third-order valence-electron chi connectivity index (χ3n) is 6.38. The quantitative estimate of drug-likeness (QED) is 0.234. The number of rotatable bonds is 5. The third kappa shape index (κ3) is 4.66. The minimum atomic E-state index is -0.388. The maximum absolute atomic E-state index is 6.44. The van der Waals surface area contributed by atoms with Gasteiger partial charge in [-0.2, -0.15) is 10.2 Å². The molecule has 6 rings (SSSR count). The van der Waals surface area contributed by atoms with Crippen molar-refractivity contribution in [2.75, 3.05) is 7.11 Å². The number of hydrogen-bond donors (Lipinski definition) is 1. The third-order valence-corrected chi connectivity index (χ3v) is 8.08. The zero-order chi connectivity index (χ0) is 25.2. The molecular weight excluding hydrogens is 500 g/mol. The minimum Gasteiger partial charge on any atom is -0.497 e. The van der Waals surface area contributed by atoms with Crippen molar-refractivity contribution in [1.82, 2.24) is 4.98 Å². The Hall–Kier alpha value is -3.87. The molecule has 0 spiro atoms. The van der Waals surface area contributed by atoms with Crippen LogP contribution in [0.15, 0.2) is 123 Å². The highest BCUT2D eigenvalue weighted by Crippen LogP contribution is 2.47. The molecule has 0 saturated carbocycles. The van der Waals surface area contributed by atoms with Crippen LogP contribution in [0.25, 0.3) is 10.9 Å². The fourth-order valence-electron chi connectivity index (χ4n) is 4.51. The largest absolute Gasteiger partial charge is 0.497 e. The number of aromatic amines is 1. The van der Waals surface area contributed by atoms with Gasteiger partial charge in [-0.15, -0.1) is 11.8 Å². The number of nitrogens with zero attached hydrogens (tertiary/aromatic N) is 3. The number of thioether (sulfide) groups is 1. The van der Waals surface area contributed by atoms with Crippen molar-refractivity contribution in [2.24, 2.45) is 15.2 Å². The van der Waals surface area contributed by atoms with Crippen LogP contribution in [-0.4, -0.2) is 23.8 Å². The van der Waals surface area contributed by atoms with E-state index in [0.29, 0.717) is 10.7 Å². The van der Waals surface area contributed by atoms with E-state index in [2.05, 4.69) is 46.5 Å². The van der Waals surface area contributed by atoms with Gasteiger partial charge in [0.2, 0.25) is 0 Å². The number of hydrogen-bond acceptors (Lipinski definition) is 5. The molecule has 2 unspecified atom stereocenters. The maximum Gasteiger partial charge on any atom is 0.130 e. The standard InChI is InChI=1S/C30H23ClN4OS/c1-36-20-16-14-19(15-17-20)30-29(35-34-25-11-5-3-9-23(25)31)28(33-26-12-6-7-13-27(26)37-30)22-18-32-24-10-4-2-8-21(22)24/h2-18,29-30,32H,1H3. The first-order chi connectivity index (χ1) is 18.2. The van der Waals surface area contributed by atoms with E-state index in [0.717, 1.165) is 44.1 Å². The Morgan fingerprint density at radius 2 is 1.65 bits per heavy atom. The Morgan fingerprint density at radius 3 is 2.49 bits per heavy atom. The smallest absolute Gasteiger partial charge is 0.130 e. The number of halogens is 1. The number of methoxy groups -OCH3 is 1. The van der Waals surface area contributed by atoms with Crippen LogP contribution in [0.3, 0.4) is 0 Å². The van der Waals surface area contributed by atoms with Gasteiger partial charge in [-0.05, 0) is 48.0 Å². The molecule has 7 heteroatoms. The summed E-state index contributed by atoms with van der Waals surface area (Å²) in [4.78, 5) is 9.72. The molecule has 37 heavy (non-hydrogen) atoms. The number of azo groups is 1. The molecule has 0 saturated heterocycles. The Morgan fingerprint density at radius 1 is 0.892 bits per heavy atom. The number of aliphatic imine (C=N–C) groups is 1. The molecule has 4 aromatic carbocycles. The fraction of sp³-hybridized carbons (Fsp3) is 0.100. The molecule has 5 aromatic rings. The topological polar surface area (TPSA) is 62.1 Å². The van der Waals surface area contributed by atoms with Crippen LogP contribution in [-0.2, 0) is 0 Å². The van der Waals surface area contributed by atoms with E-state index in [-0.39, 0.29) is 11.3 Å². The highest BCUT2D eigenvalue weighted by atomic mass is 35.5. The summed E-state index contributed by atoms with van der Waals surface area (Å²) in [6.45, 7) is 0. The Kier molecular flexibility index (Phi) is 6.51. The lowest BCUT2D eigenvalue weighted by Gasteiger charge is -2.23. The zero-order valence-corrected chi connectivity index (χ0v) is 21.6. The number of para-hydroxylation sites is 2. The van der Waals surface area contributed by atoms with Crippen LogP contribution in [0.4, 0.5) is 11.4 Å². The number of ether oxygens (including phenoxy) is 1. The van der Waals surface area contributed by atoms with E-state index in [1.54, 1.807) is 18.9 Å². The molecule has 0 aliphatic carbocycles. The summed E-state index contributed by atoms with van der Waals surface area (Å²) in [5, 5.41) is 11.2. The van der Waals surface area contributed by atoms with Crippen LogP contribution in [0.2, 0.25) is 5.02 Å². The maximum atomic E-state index is 6.44. The molecule has 1 aliphatic heterocycles. The summed E-state index contributed by atoms with van der Waals surface area (Å²) in [6, 6.07) is 31.7. The van der Waals surface area contributed by atoms with E-state index in [4.69, 9.17) is 26.4 Å². The van der Waals surface area contributed by atoms with Crippen molar-refractivity contribution in [3.8, 4) is 5.75 Å². The normalized spacial score (nSPS) is 17.4. The highest BCUT2D eigenvalue weighted by Gasteiger charge is 2.34. The summed E-state index contributed by atoms with van der Waals surface area (Å²) in [7, 11) is 1.67. The number of nitrogens with one attached hydrogen (secondary N) is 1. The first-order valence-electron chi connectivity index (χ1n) is 11.9. The summed E-state index contributed by atoms with van der Waals surface area (Å²) in [5.74, 6) is 0.808. The van der Waals surface area contributed by atoms with E-state index < -0.39 is 0 Å². The van der Waals surface area contributed by atoms with E-state index in [9.17, 15) is 0 Å². The number of benzene rings is 4. The molecule has 0 bridgehead atoms.